The van der Waals surface area contributed by atoms with Crippen molar-refractivity contribution in [1.29, 1.82) is 0 Å². The molecule has 23 heavy (non-hydrogen) atoms. The van der Waals surface area contributed by atoms with Crippen molar-refractivity contribution < 1.29 is 9.59 Å². The van der Waals surface area contributed by atoms with E-state index in [2.05, 4.69) is 10.3 Å². The van der Waals surface area contributed by atoms with E-state index < -0.39 is 11.6 Å². The Morgan fingerprint density at radius 1 is 1.17 bits per heavy atom. The highest BCUT2D eigenvalue weighted by Gasteiger charge is 2.16. The molecule has 0 aliphatic rings. The number of amides is 1. The van der Waals surface area contributed by atoms with Gasteiger partial charge in [0.15, 0.2) is 0 Å². The van der Waals surface area contributed by atoms with Crippen LogP contribution >= 0.6 is 0 Å². The Kier molecular flexibility index (Phi) is 3.46. The van der Waals surface area contributed by atoms with Gasteiger partial charge in [-0.05, 0) is 36.4 Å². The van der Waals surface area contributed by atoms with Crippen LogP contribution in [0.4, 0.5) is 11.4 Å². The molecule has 7 heteroatoms. The molecule has 0 atom stereocenters. The van der Waals surface area contributed by atoms with E-state index in [1.807, 2.05) is 0 Å². The van der Waals surface area contributed by atoms with Crippen molar-refractivity contribution in [2.45, 2.75) is 6.92 Å². The van der Waals surface area contributed by atoms with E-state index in [-0.39, 0.29) is 11.5 Å². The second-order valence-electron chi connectivity index (χ2n) is 5.11. The molecule has 7 nitrogen and oxygen atoms in total. The second kappa shape index (κ2) is 5.45. The Morgan fingerprint density at radius 3 is 2.70 bits per heavy atom. The number of nitrogen functional groups attached to an aromatic ring is 1. The number of hydrogen-bond donors (Lipinski definition) is 3. The van der Waals surface area contributed by atoms with Crippen molar-refractivity contribution in [2.75, 3.05) is 11.1 Å². The van der Waals surface area contributed by atoms with Crippen LogP contribution in [0.2, 0.25) is 0 Å². The number of rotatable bonds is 2. The van der Waals surface area contributed by atoms with Crippen LogP contribution in [0.25, 0.3) is 11.0 Å². The van der Waals surface area contributed by atoms with Crippen LogP contribution in [0, 0.1) is 0 Å². The number of imidazole rings is 1. The predicted molar refractivity (Wildman–Crippen MR) is 87.4 cm³/mol. The molecule has 0 fully saturated rings. The van der Waals surface area contributed by atoms with Crippen molar-refractivity contribution in [3.05, 3.63) is 58.5 Å². The monoisotopic (exact) mass is 310 g/mol. The van der Waals surface area contributed by atoms with Gasteiger partial charge >= 0.3 is 5.69 Å². The Labute approximate surface area is 130 Å². The minimum absolute atomic E-state index is 0.244. The Bertz CT molecular complexity index is 984. The Morgan fingerprint density at radius 2 is 1.96 bits per heavy atom. The zero-order chi connectivity index (χ0) is 16.6. The molecule has 1 heterocycles. The van der Waals surface area contributed by atoms with Crippen LogP contribution in [-0.4, -0.2) is 21.4 Å². The predicted octanol–water partition coefficient (Wildman–Crippen LogP) is 1.56. The van der Waals surface area contributed by atoms with Crippen LogP contribution in [0.5, 0.6) is 0 Å². The summed E-state index contributed by atoms with van der Waals surface area (Å²) in [5.74, 6) is -0.745. The van der Waals surface area contributed by atoms with Gasteiger partial charge in [-0.25, -0.2) is 9.36 Å². The summed E-state index contributed by atoms with van der Waals surface area (Å²) in [4.78, 5) is 38.5. The summed E-state index contributed by atoms with van der Waals surface area (Å²) in [6.07, 6.45) is 0. The average Bonchev–Trinajstić information content (AvgIpc) is 2.81. The first-order valence-corrected chi connectivity index (χ1v) is 6.88. The lowest BCUT2D eigenvalue weighted by Gasteiger charge is -2.06. The molecule has 3 rings (SSSR count). The molecule has 1 amide bonds. The zero-order valence-electron chi connectivity index (χ0n) is 12.3. The van der Waals surface area contributed by atoms with Gasteiger partial charge in [-0.15, -0.1) is 0 Å². The maximum atomic E-state index is 12.7. The van der Waals surface area contributed by atoms with E-state index in [4.69, 9.17) is 5.73 Å². The number of fused-ring (bicyclic) bond motifs is 1. The standard InChI is InChI=1S/C16H14N4O3/c1-9(21)18-12-4-2-3-10(7-12)15(22)20-14-8-11(17)5-6-13(14)19-16(20)23/h2-8H,17H2,1H3,(H,18,21)(H,19,23). The van der Waals surface area contributed by atoms with E-state index in [0.717, 1.165) is 4.57 Å². The van der Waals surface area contributed by atoms with Crippen molar-refractivity contribution in [2.24, 2.45) is 0 Å². The number of carbonyl (C=O) groups excluding carboxylic acids is 2. The number of aromatic nitrogens is 2. The molecule has 0 bridgehead atoms. The average molecular weight is 310 g/mol. The van der Waals surface area contributed by atoms with E-state index in [9.17, 15) is 14.4 Å². The number of aromatic amines is 1. The number of anilines is 2. The van der Waals surface area contributed by atoms with Gasteiger partial charge in [-0.2, -0.15) is 0 Å². The highest BCUT2D eigenvalue weighted by atomic mass is 16.2. The smallest absolute Gasteiger partial charge is 0.333 e. The fraction of sp³-hybridized carbons (Fsp3) is 0.0625. The van der Waals surface area contributed by atoms with E-state index in [1.165, 1.54) is 13.0 Å². The normalized spacial score (nSPS) is 10.7. The fourth-order valence-electron chi connectivity index (χ4n) is 2.38. The maximum Gasteiger partial charge on any atom is 0.333 e. The highest BCUT2D eigenvalue weighted by molar-refractivity contribution is 6.02. The zero-order valence-corrected chi connectivity index (χ0v) is 12.3. The molecule has 0 saturated carbocycles. The summed E-state index contributed by atoms with van der Waals surface area (Å²) in [5, 5.41) is 2.60. The lowest BCUT2D eigenvalue weighted by molar-refractivity contribution is -0.114. The topological polar surface area (TPSA) is 110 Å². The van der Waals surface area contributed by atoms with Crippen LogP contribution in [0.1, 0.15) is 17.3 Å². The van der Waals surface area contributed by atoms with Gasteiger partial charge in [0, 0.05) is 23.9 Å². The lowest BCUT2D eigenvalue weighted by Crippen LogP contribution is -2.25. The van der Waals surface area contributed by atoms with E-state index in [0.29, 0.717) is 22.4 Å². The molecule has 3 aromatic rings. The molecule has 4 N–H and O–H groups in total. The van der Waals surface area contributed by atoms with Crippen LogP contribution in [-0.2, 0) is 4.79 Å². The number of nitrogens with one attached hydrogen (secondary N) is 2. The number of hydrogen-bond acceptors (Lipinski definition) is 4. The third kappa shape index (κ3) is 2.71. The summed E-state index contributed by atoms with van der Waals surface area (Å²) >= 11 is 0. The van der Waals surface area contributed by atoms with Gasteiger partial charge in [0.1, 0.15) is 0 Å². The number of carbonyl (C=O) groups is 2. The molecule has 2 aromatic carbocycles. The second-order valence-corrected chi connectivity index (χ2v) is 5.11. The van der Waals surface area contributed by atoms with Crippen molar-refractivity contribution in [3.8, 4) is 0 Å². The van der Waals surface area contributed by atoms with Crippen LogP contribution < -0.4 is 16.7 Å². The molecule has 116 valence electrons. The SMILES string of the molecule is CC(=O)Nc1cccc(C(=O)n2c(=O)[nH]c3ccc(N)cc32)c1. The minimum Gasteiger partial charge on any atom is -0.399 e. The Hall–Kier alpha value is -3.35. The molecule has 0 spiro atoms. The van der Waals surface area contributed by atoms with Gasteiger partial charge < -0.3 is 16.0 Å². The summed E-state index contributed by atoms with van der Waals surface area (Å²) in [5.41, 5.74) is 7.33. The van der Waals surface area contributed by atoms with Gasteiger partial charge in [0.05, 0.1) is 11.0 Å². The van der Waals surface area contributed by atoms with Gasteiger partial charge in [-0.1, -0.05) is 6.07 Å². The maximum absolute atomic E-state index is 12.7. The van der Waals surface area contributed by atoms with Gasteiger partial charge in [-0.3, -0.25) is 9.59 Å². The molecular formula is C16H14N4O3. The minimum atomic E-state index is -0.541. The largest absolute Gasteiger partial charge is 0.399 e. The molecule has 0 unspecified atom stereocenters. The van der Waals surface area contributed by atoms with Gasteiger partial charge in [0.25, 0.3) is 5.91 Å². The summed E-state index contributed by atoms with van der Waals surface area (Å²) in [7, 11) is 0. The fourth-order valence-corrected chi connectivity index (χ4v) is 2.38. The lowest BCUT2D eigenvalue weighted by atomic mass is 10.2. The molecule has 0 aliphatic carbocycles. The van der Waals surface area contributed by atoms with Crippen molar-refractivity contribution in [3.63, 3.8) is 0 Å². The number of nitrogens with two attached hydrogens (primary N) is 1. The van der Waals surface area contributed by atoms with Crippen molar-refractivity contribution >= 4 is 34.2 Å². The summed E-state index contributed by atoms with van der Waals surface area (Å²) < 4.78 is 1.03. The van der Waals surface area contributed by atoms with Crippen LogP contribution in [0.15, 0.2) is 47.3 Å². The Balaban J connectivity index is 2.11. The van der Waals surface area contributed by atoms with Crippen molar-refractivity contribution in [1.82, 2.24) is 9.55 Å². The summed E-state index contributed by atoms with van der Waals surface area (Å²) in [6, 6.07) is 11.2. The first-order valence-electron chi connectivity index (χ1n) is 6.88. The summed E-state index contributed by atoms with van der Waals surface area (Å²) in [6.45, 7) is 1.38. The number of nitrogens with zero attached hydrogens (tertiary/aromatic N) is 1. The third-order valence-corrected chi connectivity index (χ3v) is 3.34. The molecule has 1 aromatic heterocycles. The van der Waals surface area contributed by atoms with E-state index in [1.54, 1.807) is 36.4 Å². The number of benzene rings is 2. The molecule has 0 saturated heterocycles. The third-order valence-electron chi connectivity index (χ3n) is 3.34. The first kappa shape index (κ1) is 14.6. The van der Waals surface area contributed by atoms with E-state index >= 15 is 0 Å². The highest BCUT2D eigenvalue weighted by Crippen LogP contribution is 2.17. The van der Waals surface area contributed by atoms with Gasteiger partial charge in [0.2, 0.25) is 5.91 Å². The molecule has 0 radical (unpaired) electrons. The quantitative estimate of drug-likeness (QED) is 0.624. The molecular weight excluding hydrogens is 296 g/mol. The molecule has 0 aliphatic heterocycles. The number of H-pyrrole nitrogens is 1. The van der Waals surface area contributed by atoms with Crippen LogP contribution in [0.3, 0.4) is 0 Å². The first-order chi connectivity index (χ1) is 11.0.